The van der Waals surface area contributed by atoms with Crippen molar-refractivity contribution in [2.24, 2.45) is 0 Å². The van der Waals surface area contributed by atoms with E-state index in [-0.39, 0.29) is 43.2 Å². The highest BCUT2D eigenvalue weighted by Crippen LogP contribution is 2.28. The Balaban J connectivity index is 1.84. The number of aromatic nitrogens is 1. The number of rotatable bonds is 10. The zero-order chi connectivity index (χ0) is 26.3. The monoisotopic (exact) mass is 500 g/mol. The maximum Gasteiger partial charge on any atom is 0.247 e. The maximum absolute atomic E-state index is 13.6. The number of amides is 3. The van der Waals surface area contributed by atoms with Crippen molar-refractivity contribution >= 4 is 23.5 Å². The molecule has 1 saturated heterocycles. The van der Waals surface area contributed by atoms with Crippen LogP contribution >= 0.6 is 0 Å². The summed E-state index contributed by atoms with van der Waals surface area (Å²) < 4.78 is 16.0. The van der Waals surface area contributed by atoms with Crippen LogP contribution in [0.3, 0.4) is 0 Å². The summed E-state index contributed by atoms with van der Waals surface area (Å²) in [7, 11) is 1.57. The van der Waals surface area contributed by atoms with E-state index >= 15 is 0 Å². The van der Waals surface area contributed by atoms with Crippen LogP contribution in [0, 0.1) is 6.92 Å². The quantitative estimate of drug-likeness (QED) is 0.513. The molecule has 1 fully saturated rings. The first-order valence-corrected chi connectivity index (χ1v) is 12.2. The first kappa shape index (κ1) is 27.2. The molecule has 0 radical (unpaired) electrons. The Morgan fingerprint density at radius 1 is 1.19 bits per heavy atom. The summed E-state index contributed by atoms with van der Waals surface area (Å²) in [5.74, 6) is 0.515. The molecule has 1 aliphatic rings. The summed E-state index contributed by atoms with van der Waals surface area (Å²) >= 11 is 0. The van der Waals surface area contributed by atoms with Gasteiger partial charge in [0.1, 0.15) is 17.6 Å². The number of aryl methyl sites for hydroxylation is 1. The lowest BCUT2D eigenvalue weighted by Gasteiger charge is -2.35. The Hall–Kier alpha value is -3.40. The number of ether oxygens (including phenoxy) is 2. The summed E-state index contributed by atoms with van der Waals surface area (Å²) in [6, 6.07) is 7.78. The number of carbonyl (C=O) groups excluding carboxylic acids is 3. The highest BCUT2D eigenvalue weighted by Gasteiger charge is 2.35. The van der Waals surface area contributed by atoms with Crippen LogP contribution in [0.5, 0.6) is 5.75 Å². The number of hydrogen-bond acceptors (Lipinski definition) is 7. The van der Waals surface area contributed by atoms with Gasteiger partial charge in [0.05, 0.1) is 13.2 Å². The number of nitrogens with zero attached hydrogens (tertiary/aromatic N) is 2. The minimum absolute atomic E-state index is 0.0665. The summed E-state index contributed by atoms with van der Waals surface area (Å²) in [6.07, 6.45) is 1.37. The van der Waals surface area contributed by atoms with Gasteiger partial charge in [0, 0.05) is 37.6 Å². The van der Waals surface area contributed by atoms with Gasteiger partial charge in [-0.2, -0.15) is 0 Å². The second-order valence-corrected chi connectivity index (χ2v) is 9.97. The van der Waals surface area contributed by atoms with Crippen molar-refractivity contribution in [2.45, 2.75) is 71.1 Å². The largest absolute Gasteiger partial charge is 0.497 e. The van der Waals surface area contributed by atoms with Crippen LogP contribution in [0.1, 0.15) is 63.8 Å². The van der Waals surface area contributed by atoms with Gasteiger partial charge in [-0.3, -0.25) is 14.4 Å². The molecular formula is C26H36N4O6. The average Bonchev–Trinajstić information content (AvgIpc) is 3.48. The molecule has 1 aliphatic heterocycles. The fraction of sp³-hybridized carbons (Fsp3) is 0.538. The molecule has 0 bridgehead atoms. The first-order valence-electron chi connectivity index (χ1n) is 12.2. The molecule has 3 rings (SSSR count). The molecule has 2 atom stereocenters. The molecule has 196 valence electrons. The number of hydrogen-bond donors (Lipinski definition) is 2. The van der Waals surface area contributed by atoms with Gasteiger partial charge in [-0.05, 0) is 58.2 Å². The molecular weight excluding hydrogens is 464 g/mol. The average molecular weight is 501 g/mol. The number of methoxy groups -OCH3 is 1. The molecule has 0 unspecified atom stereocenters. The van der Waals surface area contributed by atoms with Crippen molar-refractivity contribution in [2.75, 3.05) is 25.6 Å². The maximum atomic E-state index is 13.6. The van der Waals surface area contributed by atoms with E-state index in [1.165, 1.54) is 4.90 Å². The van der Waals surface area contributed by atoms with E-state index in [1.54, 1.807) is 44.4 Å². The summed E-state index contributed by atoms with van der Waals surface area (Å²) in [6.45, 7) is 8.25. The number of anilines is 1. The molecule has 0 spiro atoms. The lowest BCUT2D eigenvalue weighted by molar-refractivity contribution is -0.143. The van der Waals surface area contributed by atoms with Crippen LogP contribution in [-0.4, -0.2) is 59.7 Å². The van der Waals surface area contributed by atoms with E-state index < -0.39 is 11.6 Å². The van der Waals surface area contributed by atoms with Crippen molar-refractivity contribution in [3.63, 3.8) is 0 Å². The van der Waals surface area contributed by atoms with Crippen LogP contribution in [0.15, 0.2) is 34.9 Å². The fourth-order valence-corrected chi connectivity index (χ4v) is 4.05. The number of benzene rings is 1. The van der Waals surface area contributed by atoms with E-state index in [2.05, 4.69) is 15.8 Å². The van der Waals surface area contributed by atoms with E-state index in [9.17, 15) is 14.4 Å². The molecule has 10 heteroatoms. The Kier molecular flexibility index (Phi) is 9.08. The SMILES string of the molecule is COc1ccc([C@@H](C(=O)NC(C)(C)C)N(C[C@H]2CCCO2)C(=O)CCC(=O)Nc2cc(C)on2)cc1. The van der Waals surface area contributed by atoms with Crippen LogP contribution in [0.25, 0.3) is 0 Å². The highest BCUT2D eigenvalue weighted by molar-refractivity contribution is 5.94. The molecule has 0 saturated carbocycles. The second kappa shape index (κ2) is 12.0. The molecule has 1 aromatic carbocycles. The van der Waals surface area contributed by atoms with Gasteiger partial charge < -0.3 is 29.5 Å². The van der Waals surface area contributed by atoms with E-state index in [0.717, 1.165) is 12.8 Å². The van der Waals surface area contributed by atoms with Crippen molar-refractivity contribution in [1.29, 1.82) is 0 Å². The molecule has 1 aromatic heterocycles. The summed E-state index contributed by atoms with van der Waals surface area (Å²) in [4.78, 5) is 41.1. The number of carbonyl (C=O) groups is 3. The fourth-order valence-electron chi connectivity index (χ4n) is 4.05. The zero-order valence-electron chi connectivity index (χ0n) is 21.6. The lowest BCUT2D eigenvalue weighted by atomic mass is 10.00. The third-order valence-electron chi connectivity index (χ3n) is 5.70. The standard InChI is InChI=1S/C26H36N4O6/c1-17-15-21(29-36-17)27-22(31)12-13-23(32)30(16-20-7-6-14-35-20)24(25(33)28-26(2,3)4)18-8-10-19(34-5)11-9-18/h8-11,15,20,24H,6-7,12-14,16H2,1-5H3,(H,28,33)(H,27,29,31)/t20-,24+/m1/s1. The number of nitrogens with one attached hydrogen (secondary N) is 2. The zero-order valence-corrected chi connectivity index (χ0v) is 21.6. The molecule has 2 heterocycles. The molecule has 10 nitrogen and oxygen atoms in total. The second-order valence-electron chi connectivity index (χ2n) is 9.97. The van der Waals surface area contributed by atoms with Crippen LogP contribution in [0.4, 0.5) is 5.82 Å². The lowest BCUT2D eigenvalue weighted by Crippen LogP contribution is -2.50. The Morgan fingerprint density at radius 3 is 2.47 bits per heavy atom. The molecule has 2 N–H and O–H groups in total. The third-order valence-corrected chi connectivity index (χ3v) is 5.70. The van der Waals surface area contributed by atoms with Gasteiger partial charge in [-0.25, -0.2) is 0 Å². The van der Waals surface area contributed by atoms with E-state index in [1.807, 2.05) is 20.8 Å². The molecule has 2 aromatic rings. The Labute approximate surface area is 211 Å². The van der Waals surface area contributed by atoms with Gasteiger partial charge >= 0.3 is 0 Å². The minimum atomic E-state index is -0.895. The van der Waals surface area contributed by atoms with Gasteiger partial charge in [0.15, 0.2) is 5.82 Å². The van der Waals surface area contributed by atoms with E-state index in [4.69, 9.17) is 14.0 Å². The molecule has 0 aliphatic carbocycles. The molecule has 3 amide bonds. The van der Waals surface area contributed by atoms with Crippen molar-refractivity contribution in [3.8, 4) is 5.75 Å². The van der Waals surface area contributed by atoms with E-state index in [0.29, 0.717) is 29.5 Å². The van der Waals surface area contributed by atoms with Gasteiger partial charge in [0.2, 0.25) is 17.7 Å². The highest BCUT2D eigenvalue weighted by atomic mass is 16.5. The van der Waals surface area contributed by atoms with Crippen LogP contribution in [0.2, 0.25) is 0 Å². The normalized spacial score (nSPS) is 16.3. The third kappa shape index (κ3) is 7.81. The van der Waals surface area contributed by atoms with Gasteiger partial charge in [0.25, 0.3) is 0 Å². The predicted molar refractivity (Wildman–Crippen MR) is 133 cm³/mol. The van der Waals surface area contributed by atoms with Crippen molar-refractivity contribution in [1.82, 2.24) is 15.4 Å². The first-order chi connectivity index (χ1) is 17.1. The van der Waals surface area contributed by atoms with Crippen LogP contribution < -0.4 is 15.4 Å². The smallest absolute Gasteiger partial charge is 0.247 e. The van der Waals surface area contributed by atoms with Crippen molar-refractivity contribution in [3.05, 3.63) is 41.7 Å². The Bertz CT molecular complexity index is 1040. The Morgan fingerprint density at radius 2 is 1.92 bits per heavy atom. The molecule has 36 heavy (non-hydrogen) atoms. The summed E-state index contributed by atoms with van der Waals surface area (Å²) in [5, 5.41) is 9.37. The summed E-state index contributed by atoms with van der Waals surface area (Å²) in [5.41, 5.74) is 0.141. The van der Waals surface area contributed by atoms with Crippen molar-refractivity contribution < 1.29 is 28.4 Å². The van der Waals surface area contributed by atoms with Crippen LogP contribution in [-0.2, 0) is 19.1 Å². The topological polar surface area (TPSA) is 123 Å². The van der Waals surface area contributed by atoms with Gasteiger partial charge in [-0.1, -0.05) is 17.3 Å². The predicted octanol–water partition coefficient (Wildman–Crippen LogP) is 3.37. The minimum Gasteiger partial charge on any atom is -0.497 e. The van der Waals surface area contributed by atoms with Gasteiger partial charge in [-0.15, -0.1) is 0 Å².